The third kappa shape index (κ3) is 4.25. The lowest BCUT2D eigenvalue weighted by molar-refractivity contribution is 0.729. The van der Waals surface area contributed by atoms with Gasteiger partial charge >= 0.3 is 0 Å². The minimum atomic E-state index is 0.125. The molecule has 0 amide bonds. The van der Waals surface area contributed by atoms with Crippen molar-refractivity contribution in [1.29, 1.82) is 0 Å². The van der Waals surface area contributed by atoms with Crippen LogP contribution in [0.2, 0.25) is 5.02 Å². The quantitative estimate of drug-likeness (QED) is 0.820. The molecule has 0 spiro atoms. The van der Waals surface area contributed by atoms with Crippen molar-refractivity contribution < 1.29 is 0 Å². The second-order valence-corrected chi connectivity index (χ2v) is 6.88. The first-order chi connectivity index (χ1) is 9.06. The SMILES string of the molecule is CC(N)Cc1cccc(Cl)c1Sc1cccc(Br)c1. The molecule has 0 heterocycles. The van der Waals surface area contributed by atoms with Crippen LogP contribution in [0.15, 0.2) is 56.7 Å². The van der Waals surface area contributed by atoms with Crippen LogP contribution in [0, 0.1) is 0 Å². The molecule has 100 valence electrons. The summed E-state index contributed by atoms with van der Waals surface area (Å²) in [6, 6.07) is 14.3. The van der Waals surface area contributed by atoms with Crippen LogP contribution >= 0.6 is 39.3 Å². The van der Waals surface area contributed by atoms with E-state index >= 15 is 0 Å². The van der Waals surface area contributed by atoms with Crippen molar-refractivity contribution in [2.45, 2.75) is 29.2 Å². The van der Waals surface area contributed by atoms with Gasteiger partial charge in [0.1, 0.15) is 0 Å². The zero-order valence-corrected chi connectivity index (χ0v) is 13.7. The van der Waals surface area contributed by atoms with Crippen LogP contribution in [-0.4, -0.2) is 6.04 Å². The van der Waals surface area contributed by atoms with Gasteiger partial charge in [0.15, 0.2) is 0 Å². The molecule has 1 atom stereocenters. The van der Waals surface area contributed by atoms with Gasteiger partial charge in [0.05, 0.1) is 5.02 Å². The smallest absolute Gasteiger partial charge is 0.0548 e. The van der Waals surface area contributed by atoms with Gasteiger partial charge in [-0.3, -0.25) is 0 Å². The third-order valence-electron chi connectivity index (χ3n) is 2.61. The van der Waals surface area contributed by atoms with E-state index in [9.17, 15) is 0 Å². The average Bonchev–Trinajstić information content (AvgIpc) is 2.33. The van der Waals surface area contributed by atoms with Crippen molar-refractivity contribution >= 4 is 39.3 Å². The molecule has 19 heavy (non-hydrogen) atoms. The Labute approximate surface area is 131 Å². The molecule has 0 saturated heterocycles. The Morgan fingerprint density at radius 3 is 2.68 bits per heavy atom. The summed E-state index contributed by atoms with van der Waals surface area (Å²) in [7, 11) is 0. The summed E-state index contributed by atoms with van der Waals surface area (Å²) in [4.78, 5) is 2.26. The van der Waals surface area contributed by atoms with E-state index < -0.39 is 0 Å². The Kier molecular flexibility index (Phi) is 5.34. The maximum Gasteiger partial charge on any atom is 0.0548 e. The predicted molar refractivity (Wildman–Crippen MR) is 87.1 cm³/mol. The molecule has 2 aromatic carbocycles. The van der Waals surface area contributed by atoms with E-state index in [0.29, 0.717) is 0 Å². The van der Waals surface area contributed by atoms with Crippen LogP contribution in [0.4, 0.5) is 0 Å². The maximum absolute atomic E-state index is 6.33. The highest BCUT2D eigenvalue weighted by molar-refractivity contribution is 9.10. The highest BCUT2D eigenvalue weighted by Gasteiger charge is 2.10. The molecule has 4 heteroatoms. The van der Waals surface area contributed by atoms with Crippen LogP contribution in [-0.2, 0) is 6.42 Å². The monoisotopic (exact) mass is 355 g/mol. The molecule has 0 aliphatic carbocycles. The lowest BCUT2D eigenvalue weighted by Gasteiger charge is -2.13. The highest BCUT2D eigenvalue weighted by Crippen LogP contribution is 2.37. The summed E-state index contributed by atoms with van der Waals surface area (Å²) in [5.41, 5.74) is 7.10. The fraction of sp³-hybridized carbons (Fsp3) is 0.200. The molecule has 2 aromatic rings. The Morgan fingerprint density at radius 2 is 2.00 bits per heavy atom. The minimum Gasteiger partial charge on any atom is -0.328 e. The molecule has 0 bridgehead atoms. The zero-order chi connectivity index (χ0) is 13.8. The van der Waals surface area contributed by atoms with Gasteiger partial charge in [0.25, 0.3) is 0 Å². The number of rotatable bonds is 4. The summed E-state index contributed by atoms with van der Waals surface area (Å²) < 4.78 is 1.07. The Bertz CT molecular complexity index is 572. The standard InChI is InChI=1S/C15H15BrClNS/c1-10(18)8-11-4-2-7-14(17)15(11)19-13-6-3-5-12(16)9-13/h2-7,9-10H,8,18H2,1H3. The van der Waals surface area contributed by atoms with Gasteiger partial charge in [-0.15, -0.1) is 0 Å². The molecule has 0 aliphatic rings. The van der Waals surface area contributed by atoms with Crippen molar-refractivity contribution in [3.8, 4) is 0 Å². The molecule has 0 saturated carbocycles. The summed E-state index contributed by atoms with van der Waals surface area (Å²) in [6.45, 7) is 2.01. The van der Waals surface area contributed by atoms with Crippen molar-refractivity contribution in [2.75, 3.05) is 0 Å². The van der Waals surface area contributed by atoms with Crippen molar-refractivity contribution in [1.82, 2.24) is 0 Å². The Hall–Kier alpha value is -0.480. The second kappa shape index (κ2) is 6.80. The first-order valence-corrected chi connectivity index (χ1v) is 8.01. The number of benzene rings is 2. The van der Waals surface area contributed by atoms with Gasteiger partial charge in [-0.1, -0.05) is 57.5 Å². The van der Waals surface area contributed by atoms with Crippen molar-refractivity contribution in [3.63, 3.8) is 0 Å². The lowest BCUT2D eigenvalue weighted by atomic mass is 10.1. The summed E-state index contributed by atoms with van der Waals surface area (Å²) in [5.74, 6) is 0. The number of hydrogen-bond donors (Lipinski definition) is 1. The second-order valence-electron chi connectivity index (χ2n) is 4.47. The molecule has 0 aromatic heterocycles. The van der Waals surface area contributed by atoms with Crippen molar-refractivity contribution in [2.24, 2.45) is 5.73 Å². The summed E-state index contributed by atoms with van der Waals surface area (Å²) in [5, 5.41) is 0.781. The largest absolute Gasteiger partial charge is 0.328 e. The van der Waals surface area contributed by atoms with Crippen LogP contribution in [0.5, 0.6) is 0 Å². The van der Waals surface area contributed by atoms with Gasteiger partial charge in [-0.05, 0) is 43.2 Å². The Morgan fingerprint density at radius 1 is 1.26 bits per heavy atom. The van der Waals surface area contributed by atoms with Gasteiger partial charge in [-0.2, -0.15) is 0 Å². The van der Waals surface area contributed by atoms with Crippen LogP contribution in [0.1, 0.15) is 12.5 Å². The molecule has 0 fully saturated rings. The molecule has 1 nitrogen and oxygen atoms in total. The van der Waals surface area contributed by atoms with Crippen LogP contribution in [0.25, 0.3) is 0 Å². The third-order valence-corrected chi connectivity index (χ3v) is 4.70. The lowest BCUT2D eigenvalue weighted by Crippen LogP contribution is -2.18. The fourth-order valence-electron chi connectivity index (χ4n) is 1.82. The number of hydrogen-bond acceptors (Lipinski definition) is 2. The van der Waals surface area contributed by atoms with E-state index in [1.165, 1.54) is 5.56 Å². The average molecular weight is 357 g/mol. The van der Waals surface area contributed by atoms with Crippen molar-refractivity contribution in [3.05, 3.63) is 57.5 Å². The maximum atomic E-state index is 6.33. The molecule has 2 rings (SSSR count). The topological polar surface area (TPSA) is 26.0 Å². The summed E-state index contributed by atoms with van der Waals surface area (Å²) in [6.07, 6.45) is 0.830. The Balaban J connectivity index is 2.33. The van der Waals surface area contributed by atoms with E-state index in [-0.39, 0.29) is 6.04 Å². The van der Waals surface area contributed by atoms with Crippen LogP contribution in [0.3, 0.4) is 0 Å². The number of nitrogens with two attached hydrogens (primary N) is 1. The molecule has 0 aliphatic heterocycles. The summed E-state index contributed by atoms with van der Waals surface area (Å²) >= 11 is 11.5. The van der Waals surface area contributed by atoms with E-state index in [2.05, 4.69) is 34.1 Å². The van der Waals surface area contributed by atoms with E-state index in [1.807, 2.05) is 31.2 Å². The molecule has 2 N–H and O–H groups in total. The highest BCUT2D eigenvalue weighted by atomic mass is 79.9. The zero-order valence-electron chi connectivity index (χ0n) is 10.6. The van der Waals surface area contributed by atoms with E-state index in [0.717, 1.165) is 25.7 Å². The van der Waals surface area contributed by atoms with E-state index in [1.54, 1.807) is 11.8 Å². The van der Waals surface area contributed by atoms with Gasteiger partial charge < -0.3 is 5.73 Å². The van der Waals surface area contributed by atoms with E-state index in [4.69, 9.17) is 17.3 Å². The number of halogens is 2. The molecular formula is C15H15BrClNS. The normalized spacial score (nSPS) is 12.4. The molecular weight excluding hydrogens is 342 g/mol. The van der Waals surface area contributed by atoms with Crippen LogP contribution < -0.4 is 5.73 Å². The van der Waals surface area contributed by atoms with Gasteiger partial charge in [0, 0.05) is 20.3 Å². The molecule has 1 unspecified atom stereocenters. The first-order valence-electron chi connectivity index (χ1n) is 6.02. The first kappa shape index (κ1) is 14.9. The fourth-order valence-corrected chi connectivity index (χ4v) is 3.70. The minimum absolute atomic E-state index is 0.125. The van der Waals surface area contributed by atoms with Gasteiger partial charge in [0.2, 0.25) is 0 Å². The predicted octanol–water partition coefficient (Wildman–Crippen LogP) is 5.14. The molecule has 0 radical (unpaired) electrons. The van der Waals surface area contributed by atoms with Gasteiger partial charge in [-0.25, -0.2) is 0 Å².